The van der Waals surface area contributed by atoms with E-state index in [1.54, 1.807) is 6.20 Å². The third-order valence-corrected chi connectivity index (χ3v) is 5.99. The fourth-order valence-corrected chi connectivity index (χ4v) is 4.23. The molecule has 0 bridgehead atoms. The van der Waals surface area contributed by atoms with Gasteiger partial charge in [-0.05, 0) is 38.7 Å². The van der Waals surface area contributed by atoms with Gasteiger partial charge < -0.3 is 14.8 Å². The summed E-state index contributed by atoms with van der Waals surface area (Å²) in [7, 11) is 0. The number of amides is 1. The summed E-state index contributed by atoms with van der Waals surface area (Å²) in [4.78, 5) is 28.6. The van der Waals surface area contributed by atoms with Crippen molar-refractivity contribution in [3.05, 3.63) is 71.7 Å². The second-order valence-electron chi connectivity index (χ2n) is 8.64. The maximum Gasteiger partial charge on any atom is 0.222 e. The predicted molar refractivity (Wildman–Crippen MR) is 125 cm³/mol. The van der Waals surface area contributed by atoms with Crippen molar-refractivity contribution in [3.8, 4) is 0 Å². The molecule has 0 saturated carbocycles. The highest BCUT2D eigenvalue weighted by atomic mass is 16.1. The van der Waals surface area contributed by atoms with E-state index in [9.17, 15) is 4.79 Å². The summed E-state index contributed by atoms with van der Waals surface area (Å²) in [6.07, 6.45) is 10.0. The van der Waals surface area contributed by atoms with Crippen LogP contribution in [0.25, 0.3) is 0 Å². The van der Waals surface area contributed by atoms with Crippen molar-refractivity contribution in [2.45, 2.75) is 65.1 Å². The molecule has 1 fully saturated rings. The summed E-state index contributed by atoms with van der Waals surface area (Å²) in [6, 6.07) is 10.5. The molecule has 3 aromatic rings. The molecule has 1 unspecified atom stereocenters. The minimum atomic E-state index is 0.0913. The number of piperidine rings is 1. The zero-order valence-corrected chi connectivity index (χ0v) is 19.0. The van der Waals surface area contributed by atoms with Crippen LogP contribution >= 0.6 is 0 Å². The average molecular weight is 433 g/mol. The molecule has 0 spiro atoms. The van der Waals surface area contributed by atoms with Gasteiger partial charge in [-0.2, -0.15) is 0 Å². The lowest BCUT2D eigenvalue weighted by Crippen LogP contribution is -2.43. The van der Waals surface area contributed by atoms with Gasteiger partial charge in [0.15, 0.2) is 0 Å². The number of benzene rings is 1. The Morgan fingerprint density at radius 1 is 1.16 bits per heavy atom. The zero-order chi connectivity index (χ0) is 22.3. The molecule has 1 atom stereocenters. The fraction of sp³-hybridized carbons (Fsp3) is 0.440. The number of aryl methyl sites for hydroxylation is 4. The van der Waals surface area contributed by atoms with Gasteiger partial charge in [0.05, 0.1) is 6.33 Å². The summed E-state index contributed by atoms with van der Waals surface area (Å²) < 4.78 is 2.04. The van der Waals surface area contributed by atoms with Crippen molar-refractivity contribution in [1.29, 1.82) is 0 Å². The van der Waals surface area contributed by atoms with Crippen molar-refractivity contribution < 1.29 is 4.79 Å². The van der Waals surface area contributed by atoms with Crippen LogP contribution < -0.4 is 10.2 Å². The summed E-state index contributed by atoms with van der Waals surface area (Å²) >= 11 is 0. The van der Waals surface area contributed by atoms with Crippen LogP contribution in [0, 0.1) is 13.8 Å². The number of carbonyl (C=O) groups is 1. The highest BCUT2D eigenvalue weighted by Crippen LogP contribution is 2.26. The number of nitrogens with zero attached hydrogens (tertiary/aromatic N) is 5. The molecule has 0 radical (unpaired) electrons. The van der Waals surface area contributed by atoms with E-state index in [2.05, 4.69) is 51.4 Å². The molecule has 7 heteroatoms. The summed E-state index contributed by atoms with van der Waals surface area (Å²) in [5, 5.41) is 3.09. The Kier molecular flexibility index (Phi) is 7.14. The minimum Gasteiger partial charge on any atom is -0.353 e. The van der Waals surface area contributed by atoms with Crippen LogP contribution in [0.4, 0.5) is 5.82 Å². The van der Waals surface area contributed by atoms with Crippen LogP contribution in [0.1, 0.15) is 48.3 Å². The first kappa shape index (κ1) is 22.0. The quantitative estimate of drug-likeness (QED) is 0.589. The van der Waals surface area contributed by atoms with Crippen molar-refractivity contribution >= 4 is 11.7 Å². The standard InChI is InChI=1S/C25H32N6O/c1-19-6-8-21(9-7-19)17-27-25(32)16-22-5-3-4-12-31(22)24-15-20(2)28-23(29-24)10-13-30-14-11-26-18-30/h6-9,11,14-15,18,22H,3-5,10,12-13,16-17H2,1-2H3,(H,27,32). The van der Waals surface area contributed by atoms with E-state index in [-0.39, 0.29) is 11.9 Å². The molecular formula is C25H32N6O. The van der Waals surface area contributed by atoms with Crippen LogP contribution in [0.2, 0.25) is 0 Å². The summed E-state index contributed by atoms with van der Waals surface area (Å²) in [6.45, 7) is 6.37. The Morgan fingerprint density at radius 2 is 2.00 bits per heavy atom. The Morgan fingerprint density at radius 3 is 2.78 bits per heavy atom. The lowest BCUT2D eigenvalue weighted by molar-refractivity contribution is -0.121. The topological polar surface area (TPSA) is 75.9 Å². The Bertz CT molecular complexity index is 1020. The van der Waals surface area contributed by atoms with Gasteiger partial charge in [0.1, 0.15) is 11.6 Å². The van der Waals surface area contributed by atoms with E-state index in [0.717, 1.165) is 61.7 Å². The van der Waals surface area contributed by atoms with E-state index in [4.69, 9.17) is 4.98 Å². The van der Waals surface area contributed by atoms with Crippen LogP contribution in [0.3, 0.4) is 0 Å². The molecular weight excluding hydrogens is 400 g/mol. The van der Waals surface area contributed by atoms with Crippen molar-refractivity contribution in [2.75, 3.05) is 11.4 Å². The molecule has 32 heavy (non-hydrogen) atoms. The third kappa shape index (κ3) is 5.93. The molecule has 0 aliphatic carbocycles. The number of rotatable bonds is 8. The highest BCUT2D eigenvalue weighted by molar-refractivity contribution is 5.77. The molecule has 4 rings (SSSR count). The average Bonchev–Trinajstić information content (AvgIpc) is 3.31. The smallest absolute Gasteiger partial charge is 0.222 e. The van der Waals surface area contributed by atoms with E-state index >= 15 is 0 Å². The number of nitrogens with one attached hydrogen (secondary N) is 1. The molecule has 2 aromatic heterocycles. The number of hydrogen-bond acceptors (Lipinski definition) is 5. The number of hydrogen-bond donors (Lipinski definition) is 1. The molecule has 7 nitrogen and oxygen atoms in total. The maximum atomic E-state index is 12.7. The van der Waals surface area contributed by atoms with Gasteiger partial charge in [-0.25, -0.2) is 15.0 Å². The van der Waals surface area contributed by atoms with E-state index < -0.39 is 0 Å². The van der Waals surface area contributed by atoms with E-state index in [1.165, 1.54) is 5.56 Å². The normalized spacial score (nSPS) is 16.2. The van der Waals surface area contributed by atoms with Gasteiger partial charge in [-0.1, -0.05) is 29.8 Å². The predicted octanol–water partition coefficient (Wildman–Crippen LogP) is 3.60. The third-order valence-electron chi connectivity index (χ3n) is 5.99. The van der Waals surface area contributed by atoms with Gasteiger partial charge in [-0.15, -0.1) is 0 Å². The molecule has 1 saturated heterocycles. The SMILES string of the molecule is Cc1ccc(CNC(=O)CC2CCCCN2c2cc(C)nc(CCn3ccnc3)n2)cc1. The Labute approximate surface area is 189 Å². The van der Waals surface area contributed by atoms with Gasteiger partial charge in [0, 0.05) is 62.7 Å². The summed E-state index contributed by atoms with van der Waals surface area (Å²) in [5.74, 6) is 1.87. The van der Waals surface area contributed by atoms with Crippen LogP contribution in [0.15, 0.2) is 49.1 Å². The molecule has 168 valence electrons. The summed E-state index contributed by atoms with van der Waals surface area (Å²) in [5.41, 5.74) is 3.31. The lowest BCUT2D eigenvalue weighted by Gasteiger charge is -2.36. The van der Waals surface area contributed by atoms with Crippen molar-refractivity contribution in [1.82, 2.24) is 24.8 Å². The fourth-order valence-electron chi connectivity index (χ4n) is 4.23. The first-order valence-corrected chi connectivity index (χ1v) is 11.5. The van der Waals surface area contributed by atoms with Crippen LogP contribution in [-0.4, -0.2) is 38.0 Å². The van der Waals surface area contributed by atoms with Gasteiger partial charge in [-0.3, -0.25) is 4.79 Å². The monoisotopic (exact) mass is 432 g/mol. The Hall–Kier alpha value is -3.22. The molecule has 1 aromatic carbocycles. The minimum absolute atomic E-state index is 0.0913. The van der Waals surface area contributed by atoms with Crippen molar-refractivity contribution in [2.24, 2.45) is 0 Å². The first-order chi connectivity index (χ1) is 15.6. The number of aromatic nitrogens is 4. The number of imidazole rings is 1. The number of anilines is 1. The molecule has 1 aliphatic heterocycles. The second kappa shape index (κ2) is 10.4. The number of carbonyl (C=O) groups excluding carboxylic acids is 1. The van der Waals surface area contributed by atoms with Crippen molar-refractivity contribution in [3.63, 3.8) is 0 Å². The van der Waals surface area contributed by atoms with Gasteiger partial charge >= 0.3 is 0 Å². The molecule has 1 aliphatic rings. The van der Waals surface area contributed by atoms with Gasteiger partial charge in [0.2, 0.25) is 5.91 Å². The van der Waals surface area contributed by atoms with Crippen LogP contribution in [0.5, 0.6) is 0 Å². The van der Waals surface area contributed by atoms with E-state index in [1.807, 2.05) is 30.1 Å². The van der Waals surface area contributed by atoms with Crippen LogP contribution in [-0.2, 0) is 24.3 Å². The van der Waals surface area contributed by atoms with E-state index in [0.29, 0.717) is 13.0 Å². The first-order valence-electron chi connectivity index (χ1n) is 11.5. The molecule has 1 N–H and O–H groups in total. The lowest BCUT2D eigenvalue weighted by atomic mass is 9.98. The van der Waals surface area contributed by atoms with Gasteiger partial charge in [0.25, 0.3) is 0 Å². The molecule has 1 amide bonds. The largest absolute Gasteiger partial charge is 0.353 e. The zero-order valence-electron chi connectivity index (χ0n) is 19.0. The maximum absolute atomic E-state index is 12.7. The Balaban J connectivity index is 1.39. The highest BCUT2D eigenvalue weighted by Gasteiger charge is 2.26. The second-order valence-corrected chi connectivity index (χ2v) is 8.64. The molecule has 3 heterocycles.